The van der Waals surface area contributed by atoms with Crippen LogP contribution in [0.5, 0.6) is 23.0 Å². The van der Waals surface area contributed by atoms with E-state index in [9.17, 15) is 4.79 Å². The molecular weight excluding hydrogens is 310 g/mol. The Labute approximate surface area is 140 Å². The topological polar surface area (TPSA) is 66.0 Å². The summed E-state index contributed by atoms with van der Waals surface area (Å²) in [5.41, 5.74) is 1.47. The highest BCUT2D eigenvalue weighted by molar-refractivity contribution is 5.92. The Morgan fingerprint density at radius 3 is 2.33 bits per heavy atom. The van der Waals surface area contributed by atoms with Crippen molar-refractivity contribution in [1.82, 2.24) is 0 Å². The van der Waals surface area contributed by atoms with E-state index < -0.39 is 0 Å². The zero-order valence-corrected chi connectivity index (χ0v) is 13.6. The number of hydrogen-bond acceptors (Lipinski definition) is 5. The molecule has 0 aromatic heterocycles. The second kappa shape index (κ2) is 7.12. The second-order valence-electron chi connectivity index (χ2n) is 5.30. The van der Waals surface area contributed by atoms with Crippen LogP contribution in [0.25, 0.3) is 0 Å². The van der Waals surface area contributed by atoms with E-state index in [-0.39, 0.29) is 12.3 Å². The Bertz CT molecular complexity index is 722. The summed E-state index contributed by atoms with van der Waals surface area (Å²) >= 11 is 0. The Morgan fingerprint density at radius 1 is 1.00 bits per heavy atom. The Balaban J connectivity index is 1.69. The van der Waals surface area contributed by atoms with Crippen molar-refractivity contribution in [3.05, 3.63) is 42.0 Å². The maximum Gasteiger partial charge on any atom is 0.228 e. The van der Waals surface area contributed by atoms with Gasteiger partial charge in [-0.15, -0.1) is 0 Å². The highest BCUT2D eigenvalue weighted by Gasteiger charge is 2.13. The molecule has 6 nitrogen and oxygen atoms in total. The van der Waals surface area contributed by atoms with Gasteiger partial charge in [0.1, 0.15) is 24.7 Å². The molecule has 0 bridgehead atoms. The molecule has 0 aliphatic carbocycles. The molecule has 0 spiro atoms. The monoisotopic (exact) mass is 329 g/mol. The molecule has 0 radical (unpaired) electrons. The molecule has 1 aliphatic rings. The minimum absolute atomic E-state index is 0.137. The number of amides is 1. The Hall–Kier alpha value is -2.89. The Kier molecular flexibility index (Phi) is 4.74. The van der Waals surface area contributed by atoms with Crippen molar-refractivity contribution in [2.45, 2.75) is 6.42 Å². The highest BCUT2D eigenvalue weighted by atomic mass is 16.6. The van der Waals surface area contributed by atoms with E-state index in [1.807, 2.05) is 18.2 Å². The number of fused-ring (bicyclic) bond motifs is 1. The summed E-state index contributed by atoms with van der Waals surface area (Å²) in [6, 6.07) is 10.7. The molecule has 0 saturated heterocycles. The summed E-state index contributed by atoms with van der Waals surface area (Å²) in [6.07, 6.45) is 0.232. The fourth-order valence-corrected chi connectivity index (χ4v) is 2.47. The molecule has 0 fully saturated rings. The first-order chi connectivity index (χ1) is 11.7. The first kappa shape index (κ1) is 16.0. The third-order valence-electron chi connectivity index (χ3n) is 3.61. The van der Waals surface area contributed by atoms with Crippen LogP contribution in [-0.2, 0) is 11.2 Å². The molecule has 0 unspecified atom stereocenters. The summed E-state index contributed by atoms with van der Waals surface area (Å²) in [6.45, 7) is 1.07. The van der Waals surface area contributed by atoms with Crippen LogP contribution in [-0.4, -0.2) is 33.3 Å². The number of hydrogen-bond donors (Lipinski definition) is 1. The van der Waals surface area contributed by atoms with Crippen LogP contribution in [0.15, 0.2) is 36.4 Å². The van der Waals surface area contributed by atoms with Crippen LogP contribution in [0.1, 0.15) is 5.56 Å². The van der Waals surface area contributed by atoms with Gasteiger partial charge in [0.25, 0.3) is 0 Å². The van der Waals surface area contributed by atoms with Gasteiger partial charge in [-0.25, -0.2) is 0 Å². The average Bonchev–Trinajstić information content (AvgIpc) is 2.61. The van der Waals surface area contributed by atoms with Crippen LogP contribution in [0.4, 0.5) is 5.69 Å². The number of carbonyl (C=O) groups is 1. The van der Waals surface area contributed by atoms with Crippen molar-refractivity contribution in [3.8, 4) is 23.0 Å². The lowest BCUT2D eigenvalue weighted by molar-refractivity contribution is -0.115. The molecule has 1 aliphatic heterocycles. The van der Waals surface area contributed by atoms with Crippen molar-refractivity contribution in [2.75, 3.05) is 32.8 Å². The lowest BCUT2D eigenvalue weighted by Crippen LogP contribution is -2.17. The first-order valence-corrected chi connectivity index (χ1v) is 7.59. The van der Waals surface area contributed by atoms with E-state index in [2.05, 4.69) is 5.32 Å². The standard InChI is InChI=1S/C18H19NO5/c1-21-14-9-13(10-15(11-14)22-2)19-18(20)8-12-3-4-16-17(7-12)24-6-5-23-16/h3-4,7,9-11H,5-6,8H2,1-2H3,(H,19,20). The summed E-state index contributed by atoms with van der Waals surface area (Å²) < 4.78 is 21.4. The number of rotatable bonds is 5. The maximum absolute atomic E-state index is 12.3. The van der Waals surface area contributed by atoms with Gasteiger partial charge in [0.15, 0.2) is 11.5 Å². The van der Waals surface area contributed by atoms with Crippen LogP contribution < -0.4 is 24.3 Å². The molecule has 1 amide bonds. The van der Waals surface area contributed by atoms with E-state index in [1.165, 1.54) is 0 Å². The van der Waals surface area contributed by atoms with Crippen molar-refractivity contribution < 1.29 is 23.7 Å². The zero-order valence-electron chi connectivity index (χ0n) is 13.6. The number of methoxy groups -OCH3 is 2. The first-order valence-electron chi connectivity index (χ1n) is 7.59. The molecule has 126 valence electrons. The lowest BCUT2D eigenvalue weighted by atomic mass is 10.1. The minimum atomic E-state index is -0.137. The maximum atomic E-state index is 12.3. The third kappa shape index (κ3) is 3.71. The van der Waals surface area contributed by atoms with E-state index in [4.69, 9.17) is 18.9 Å². The molecular formula is C18H19NO5. The number of ether oxygens (including phenoxy) is 4. The number of benzene rings is 2. The third-order valence-corrected chi connectivity index (χ3v) is 3.61. The van der Waals surface area contributed by atoms with Crippen molar-refractivity contribution in [1.29, 1.82) is 0 Å². The van der Waals surface area contributed by atoms with Gasteiger partial charge in [0.05, 0.1) is 20.6 Å². The van der Waals surface area contributed by atoms with Gasteiger partial charge in [-0.2, -0.15) is 0 Å². The van der Waals surface area contributed by atoms with Gasteiger partial charge < -0.3 is 24.3 Å². The van der Waals surface area contributed by atoms with Crippen LogP contribution in [0, 0.1) is 0 Å². The SMILES string of the molecule is COc1cc(NC(=O)Cc2ccc3c(c2)OCCO3)cc(OC)c1. The molecule has 6 heteroatoms. The van der Waals surface area contributed by atoms with E-state index >= 15 is 0 Å². The van der Waals surface area contributed by atoms with Crippen LogP contribution in [0.3, 0.4) is 0 Å². The summed E-state index contributed by atoms with van der Waals surface area (Å²) in [5, 5.41) is 2.85. The number of nitrogens with one attached hydrogen (secondary N) is 1. The largest absolute Gasteiger partial charge is 0.497 e. The normalized spacial score (nSPS) is 12.4. The van der Waals surface area contributed by atoms with E-state index in [1.54, 1.807) is 32.4 Å². The van der Waals surface area contributed by atoms with Gasteiger partial charge in [-0.1, -0.05) is 6.07 Å². The second-order valence-corrected chi connectivity index (χ2v) is 5.30. The van der Waals surface area contributed by atoms with Gasteiger partial charge in [-0.05, 0) is 17.7 Å². The molecule has 2 aromatic carbocycles. The summed E-state index contributed by atoms with van der Waals surface area (Å²) in [4.78, 5) is 12.3. The van der Waals surface area contributed by atoms with E-state index in [0.717, 1.165) is 5.56 Å². The fraction of sp³-hybridized carbons (Fsp3) is 0.278. The van der Waals surface area contributed by atoms with Crippen molar-refractivity contribution in [2.24, 2.45) is 0 Å². The lowest BCUT2D eigenvalue weighted by Gasteiger charge is -2.18. The quantitative estimate of drug-likeness (QED) is 0.913. The molecule has 0 saturated carbocycles. The molecule has 1 heterocycles. The smallest absolute Gasteiger partial charge is 0.228 e. The van der Waals surface area contributed by atoms with Crippen molar-refractivity contribution in [3.63, 3.8) is 0 Å². The molecule has 0 atom stereocenters. The number of anilines is 1. The van der Waals surface area contributed by atoms with Gasteiger partial charge in [0.2, 0.25) is 5.91 Å². The molecule has 2 aromatic rings. The Morgan fingerprint density at radius 2 is 1.67 bits per heavy atom. The zero-order chi connectivity index (χ0) is 16.9. The van der Waals surface area contributed by atoms with Crippen molar-refractivity contribution >= 4 is 11.6 Å². The predicted molar refractivity (Wildman–Crippen MR) is 89.3 cm³/mol. The highest BCUT2D eigenvalue weighted by Crippen LogP contribution is 2.31. The van der Waals surface area contributed by atoms with Gasteiger partial charge >= 0.3 is 0 Å². The summed E-state index contributed by atoms with van der Waals surface area (Å²) in [7, 11) is 3.13. The fourth-order valence-electron chi connectivity index (χ4n) is 2.47. The van der Waals surface area contributed by atoms with Crippen LogP contribution in [0.2, 0.25) is 0 Å². The molecule has 24 heavy (non-hydrogen) atoms. The van der Waals surface area contributed by atoms with E-state index in [0.29, 0.717) is 41.9 Å². The molecule has 3 rings (SSSR count). The predicted octanol–water partition coefficient (Wildman–Crippen LogP) is 2.66. The molecule has 1 N–H and O–H groups in total. The number of carbonyl (C=O) groups excluding carboxylic acids is 1. The average molecular weight is 329 g/mol. The van der Waals surface area contributed by atoms with Crippen LogP contribution >= 0.6 is 0 Å². The minimum Gasteiger partial charge on any atom is -0.497 e. The van der Waals surface area contributed by atoms with Gasteiger partial charge in [0, 0.05) is 23.9 Å². The summed E-state index contributed by atoms with van der Waals surface area (Å²) in [5.74, 6) is 2.48. The van der Waals surface area contributed by atoms with Gasteiger partial charge in [-0.3, -0.25) is 4.79 Å².